The normalized spacial score (nSPS) is 12.9. The number of hydrogen-bond donors (Lipinski definition) is 2. The van der Waals surface area contributed by atoms with E-state index >= 15 is 0 Å². The predicted molar refractivity (Wildman–Crippen MR) is 57.1 cm³/mol. The van der Waals surface area contributed by atoms with Crippen LogP contribution >= 0.6 is 0 Å². The van der Waals surface area contributed by atoms with Crippen LogP contribution in [0.2, 0.25) is 0 Å². The molecule has 0 aromatic carbocycles. The van der Waals surface area contributed by atoms with Crippen molar-refractivity contribution in [3.63, 3.8) is 0 Å². The van der Waals surface area contributed by atoms with E-state index in [0.717, 1.165) is 18.8 Å². The Morgan fingerprint density at radius 3 is 3.13 bits per heavy atom. The maximum absolute atomic E-state index is 4.16. The highest BCUT2D eigenvalue weighted by Crippen LogP contribution is 1.94. The summed E-state index contributed by atoms with van der Waals surface area (Å²) in [6.07, 6.45) is 5.52. The summed E-state index contributed by atoms with van der Waals surface area (Å²) in [5.74, 6) is 0. The molecule has 0 radical (unpaired) electrons. The first-order chi connectivity index (χ1) is 7.34. The molecule has 2 rings (SSSR count). The summed E-state index contributed by atoms with van der Waals surface area (Å²) < 4.78 is 1.92. The number of aromatic amines is 1. The van der Waals surface area contributed by atoms with Gasteiger partial charge in [-0.2, -0.15) is 10.2 Å². The Morgan fingerprint density at radius 1 is 1.53 bits per heavy atom. The molecule has 5 nitrogen and oxygen atoms in total. The molecule has 2 aromatic rings. The highest BCUT2D eigenvalue weighted by Gasteiger charge is 2.02. The maximum Gasteiger partial charge on any atom is 0.0560 e. The second-order valence-corrected chi connectivity index (χ2v) is 3.59. The van der Waals surface area contributed by atoms with Crippen LogP contribution in [0, 0.1) is 0 Å². The Kier molecular flexibility index (Phi) is 3.14. The van der Waals surface area contributed by atoms with Crippen molar-refractivity contribution in [2.45, 2.75) is 26.1 Å². The van der Waals surface area contributed by atoms with Gasteiger partial charge in [0.25, 0.3) is 0 Å². The summed E-state index contributed by atoms with van der Waals surface area (Å²) in [7, 11) is 0. The van der Waals surface area contributed by atoms with Gasteiger partial charge in [-0.3, -0.25) is 9.78 Å². The lowest BCUT2D eigenvalue weighted by Gasteiger charge is -2.12. The highest BCUT2D eigenvalue weighted by molar-refractivity contribution is 4.96. The van der Waals surface area contributed by atoms with Crippen LogP contribution in [-0.2, 0) is 13.1 Å². The fourth-order valence-electron chi connectivity index (χ4n) is 1.42. The molecule has 0 aliphatic heterocycles. The third-order valence-corrected chi connectivity index (χ3v) is 2.22. The fourth-order valence-corrected chi connectivity index (χ4v) is 1.42. The van der Waals surface area contributed by atoms with E-state index in [1.807, 2.05) is 23.0 Å². The average molecular weight is 205 g/mol. The average Bonchev–Trinajstić information content (AvgIpc) is 2.86. The van der Waals surface area contributed by atoms with Gasteiger partial charge in [-0.05, 0) is 19.1 Å². The van der Waals surface area contributed by atoms with Gasteiger partial charge in [-0.25, -0.2) is 0 Å². The first-order valence-electron chi connectivity index (χ1n) is 5.03. The molecule has 0 bridgehead atoms. The first kappa shape index (κ1) is 9.92. The molecule has 2 heterocycles. The summed E-state index contributed by atoms with van der Waals surface area (Å²) in [4.78, 5) is 0. The SMILES string of the molecule is CC(Cn1cccn1)NCc1ccn[nH]1. The Morgan fingerprint density at radius 2 is 2.47 bits per heavy atom. The lowest BCUT2D eigenvalue weighted by Crippen LogP contribution is -2.30. The molecule has 0 aliphatic rings. The number of hydrogen-bond acceptors (Lipinski definition) is 3. The molecular formula is C10H15N5. The lowest BCUT2D eigenvalue weighted by atomic mass is 10.3. The van der Waals surface area contributed by atoms with Crippen molar-refractivity contribution in [1.82, 2.24) is 25.3 Å². The monoisotopic (exact) mass is 205 g/mol. The first-order valence-corrected chi connectivity index (χ1v) is 5.03. The van der Waals surface area contributed by atoms with Crippen molar-refractivity contribution in [3.05, 3.63) is 36.4 Å². The number of nitrogens with one attached hydrogen (secondary N) is 2. The maximum atomic E-state index is 4.16. The van der Waals surface area contributed by atoms with Crippen molar-refractivity contribution in [1.29, 1.82) is 0 Å². The van der Waals surface area contributed by atoms with Gasteiger partial charge in [0.15, 0.2) is 0 Å². The smallest absolute Gasteiger partial charge is 0.0560 e. The molecule has 1 atom stereocenters. The zero-order valence-electron chi connectivity index (χ0n) is 8.72. The molecule has 1 unspecified atom stereocenters. The van der Waals surface area contributed by atoms with E-state index in [4.69, 9.17) is 0 Å². The van der Waals surface area contributed by atoms with Crippen LogP contribution in [0.25, 0.3) is 0 Å². The molecule has 2 N–H and O–H groups in total. The molecule has 0 aliphatic carbocycles. The quantitative estimate of drug-likeness (QED) is 0.758. The van der Waals surface area contributed by atoms with Crippen molar-refractivity contribution < 1.29 is 0 Å². The molecule has 0 saturated carbocycles. The zero-order valence-corrected chi connectivity index (χ0v) is 8.72. The van der Waals surface area contributed by atoms with E-state index in [2.05, 4.69) is 27.5 Å². The number of H-pyrrole nitrogens is 1. The van der Waals surface area contributed by atoms with E-state index in [-0.39, 0.29) is 0 Å². The summed E-state index contributed by atoms with van der Waals surface area (Å²) in [6.45, 7) is 3.82. The zero-order chi connectivity index (χ0) is 10.5. The van der Waals surface area contributed by atoms with Crippen LogP contribution < -0.4 is 5.32 Å². The summed E-state index contributed by atoms with van der Waals surface area (Å²) >= 11 is 0. The van der Waals surface area contributed by atoms with E-state index in [0.29, 0.717) is 6.04 Å². The van der Waals surface area contributed by atoms with Gasteiger partial charge in [0.2, 0.25) is 0 Å². The van der Waals surface area contributed by atoms with Gasteiger partial charge in [-0.1, -0.05) is 0 Å². The molecule has 5 heteroatoms. The lowest BCUT2D eigenvalue weighted by molar-refractivity contribution is 0.448. The van der Waals surface area contributed by atoms with Gasteiger partial charge in [0.1, 0.15) is 0 Å². The minimum atomic E-state index is 0.383. The molecule has 0 spiro atoms. The molecule has 0 fully saturated rings. The topological polar surface area (TPSA) is 58.5 Å². The molecule has 80 valence electrons. The highest BCUT2D eigenvalue weighted by atomic mass is 15.3. The second kappa shape index (κ2) is 4.75. The summed E-state index contributed by atoms with van der Waals surface area (Å²) in [6, 6.07) is 4.28. The van der Waals surface area contributed by atoms with E-state index in [9.17, 15) is 0 Å². The van der Waals surface area contributed by atoms with Crippen LogP contribution in [0.1, 0.15) is 12.6 Å². The van der Waals surface area contributed by atoms with Gasteiger partial charge >= 0.3 is 0 Å². The Bertz CT molecular complexity index is 364. The van der Waals surface area contributed by atoms with Gasteiger partial charge in [0, 0.05) is 36.9 Å². The largest absolute Gasteiger partial charge is 0.307 e. The predicted octanol–water partition coefficient (Wildman–Crippen LogP) is 0.784. The van der Waals surface area contributed by atoms with Gasteiger partial charge in [0.05, 0.1) is 6.54 Å². The third-order valence-electron chi connectivity index (χ3n) is 2.22. The van der Waals surface area contributed by atoms with Crippen LogP contribution in [0.4, 0.5) is 0 Å². The Balaban J connectivity index is 1.76. The molecule has 0 amide bonds. The number of nitrogens with zero attached hydrogens (tertiary/aromatic N) is 3. The Labute approximate surface area is 88.5 Å². The molecule has 15 heavy (non-hydrogen) atoms. The second-order valence-electron chi connectivity index (χ2n) is 3.59. The van der Waals surface area contributed by atoms with E-state index in [1.54, 1.807) is 12.4 Å². The van der Waals surface area contributed by atoms with Crippen molar-refractivity contribution >= 4 is 0 Å². The van der Waals surface area contributed by atoms with Crippen LogP contribution in [0.15, 0.2) is 30.7 Å². The third kappa shape index (κ3) is 2.92. The van der Waals surface area contributed by atoms with Gasteiger partial charge in [-0.15, -0.1) is 0 Å². The van der Waals surface area contributed by atoms with E-state index < -0.39 is 0 Å². The minimum Gasteiger partial charge on any atom is -0.307 e. The van der Waals surface area contributed by atoms with Crippen LogP contribution in [0.3, 0.4) is 0 Å². The van der Waals surface area contributed by atoms with Crippen molar-refractivity contribution in [2.75, 3.05) is 0 Å². The van der Waals surface area contributed by atoms with Crippen LogP contribution in [0.5, 0.6) is 0 Å². The van der Waals surface area contributed by atoms with Gasteiger partial charge < -0.3 is 5.32 Å². The van der Waals surface area contributed by atoms with Crippen molar-refractivity contribution in [3.8, 4) is 0 Å². The standard InChI is InChI=1S/C10H15N5/c1-9(8-15-6-2-4-13-15)11-7-10-3-5-12-14-10/h2-6,9,11H,7-8H2,1H3,(H,12,14). The van der Waals surface area contributed by atoms with E-state index in [1.165, 1.54) is 0 Å². The summed E-state index contributed by atoms with van der Waals surface area (Å²) in [5.41, 5.74) is 1.10. The molecule has 2 aromatic heterocycles. The fraction of sp³-hybridized carbons (Fsp3) is 0.400. The number of aromatic nitrogens is 4. The Hall–Kier alpha value is -1.62. The van der Waals surface area contributed by atoms with Crippen molar-refractivity contribution in [2.24, 2.45) is 0 Å². The van der Waals surface area contributed by atoms with Crippen LogP contribution in [-0.4, -0.2) is 26.0 Å². The summed E-state index contributed by atoms with van der Waals surface area (Å²) in [5, 5.41) is 14.4. The molecule has 0 saturated heterocycles. The molecular weight excluding hydrogens is 190 g/mol. The minimum absolute atomic E-state index is 0.383. The number of rotatable bonds is 5.